The molecule has 1 atom stereocenters. The minimum atomic E-state index is -0.704. The summed E-state index contributed by atoms with van der Waals surface area (Å²) in [6.45, 7) is 4.02. The van der Waals surface area contributed by atoms with Crippen molar-refractivity contribution >= 4 is 5.95 Å². The van der Waals surface area contributed by atoms with Crippen LogP contribution in [0.15, 0.2) is 12.3 Å². The van der Waals surface area contributed by atoms with Gasteiger partial charge in [-0.3, -0.25) is 0 Å². The molecule has 1 aromatic rings. The zero-order valence-corrected chi connectivity index (χ0v) is 10.1. The Balaban J connectivity index is 2.10. The minimum absolute atomic E-state index is 0.180. The Bertz CT molecular complexity index is 365. The Kier molecular flexibility index (Phi) is 3.88. The topological polar surface area (TPSA) is 78.5 Å². The molecule has 2 heterocycles. The van der Waals surface area contributed by atoms with Gasteiger partial charge in [0.15, 0.2) is 0 Å². The Morgan fingerprint density at radius 1 is 1.41 bits per heavy atom. The van der Waals surface area contributed by atoms with Crippen LogP contribution >= 0.6 is 0 Å². The first-order valence-corrected chi connectivity index (χ1v) is 5.85. The molecular weight excluding hydrogens is 218 g/mol. The van der Waals surface area contributed by atoms with Crippen molar-refractivity contribution in [1.82, 2.24) is 14.9 Å². The van der Waals surface area contributed by atoms with Gasteiger partial charge >= 0.3 is 0 Å². The third-order valence-corrected chi connectivity index (χ3v) is 3.02. The summed E-state index contributed by atoms with van der Waals surface area (Å²) < 4.78 is 0. The van der Waals surface area contributed by atoms with Crippen LogP contribution in [0.5, 0.6) is 0 Å². The summed E-state index contributed by atoms with van der Waals surface area (Å²) >= 11 is 0. The lowest BCUT2D eigenvalue weighted by Gasteiger charge is -2.32. The summed E-state index contributed by atoms with van der Waals surface area (Å²) in [6, 6.07) is 1.71. The maximum absolute atomic E-state index is 9.65. The van der Waals surface area contributed by atoms with Gasteiger partial charge in [0, 0.05) is 38.9 Å². The van der Waals surface area contributed by atoms with Crippen LogP contribution < -0.4 is 10.6 Å². The van der Waals surface area contributed by atoms with E-state index in [2.05, 4.69) is 26.8 Å². The number of aliphatic hydroxyl groups is 1. The predicted octanol–water partition coefficient (Wildman–Crippen LogP) is -0.779. The largest absolute Gasteiger partial charge is 0.385 e. The zero-order chi connectivity index (χ0) is 12.3. The molecule has 1 unspecified atom stereocenters. The summed E-state index contributed by atoms with van der Waals surface area (Å²) in [4.78, 5) is 13.0. The van der Waals surface area contributed by atoms with Gasteiger partial charge in [0.1, 0.15) is 6.10 Å². The van der Waals surface area contributed by atoms with Crippen LogP contribution in [0.1, 0.15) is 11.8 Å². The molecule has 17 heavy (non-hydrogen) atoms. The first-order chi connectivity index (χ1) is 8.20. The van der Waals surface area contributed by atoms with E-state index in [4.69, 9.17) is 5.73 Å². The van der Waals surface area contributed by atoms with Gasteiger partial charge in [-0.2, -0.15) is 0 Å². The predicted molar refractivity (Wildman–Crippen MR) is 65.8 cm³/mol. The van der Waals surface area contributed by atoms with E-state index < -0.39 is 6.10 Å². The van der Waals surface area contributed by atoms with Crippen molar-refractivity contribution in [3.63, 3.8) is 0 Å². The molecule has 1 saturated heterocycles. The normalized spacial score (nSPS) is 19.4. The Morgan fingerprint density at radius 2 is 2.12 bits per heavy atom. The SMILES string of the molecule is CN1CCN(c2nccc(C(O)CN)n2)CC1. The molecule has 1 aliphatic rings. The molecule has 0 amide bonds. The number of hydrogen-bond acceptors (Lipinski definition) is 6. The van der Waals surface area contributed by atoms with Crippen molar-refractivity contribution < 1.29 is 5.11 Å². The molecular formula is C11H19N5O. The lowest BCUT2D eigenvalue weighted by Crippen LogP contribution is -2.45. The molecule has 3 N–H and O–H groups in total. The maximum Gasteiger partial charge on any atom is 0.225 e. The average Bonchev–Trinajstić information content (AvgIpc) is 2.39. The fraction of sp³-hybridized carbons (Fsp3) is 0.636. The second-order valence-corrected chi connectivity index (χ2v) is 4.32. The third-order valence-electron chi connectivity index (χ3n) is 3.02. The first-order valence-electron chi connectivity index (χ1n) is 5.85. The monoisotopic (exact) mass is 237 g/mol. The number of likely N-dealkylation sites (N-methyl/N-ethyl adjacent to an activating group) is 1. The van der Waals surface area contributed by atoms with E-state index in [-0.39, 0.29) is 6.54 Å². The number of nitrogens with zero attached hydrogens (tertiary/aromatic N) is 4. The zero-order valence-electron chi connectivity index (χ0n) is 10.1. The van der Waals surface area contributed by atoms with E-state index in [0.29, 0.717) is 11.6 Å². The number of hydrogen-bond donors (Lipinski definition) is 2. The van der Waals surface area contributed by atoms with E-state index >= 15 is 0 Å². The van der Waals surface area contributed by atoms with E-state index in [1.165, 1.54) is 0 Å². The van der Waals surface area contributed by atoms with Crippen LogP contribution in [0.2, 0.25) is 0 Å². The quantitative estimate of drug-likeness (QED) is 0.718. The summed E-state index contributed by atoms with van der Waals surface area (Å²) in [5.74, 6) is 0.683. The molecule has 1 fully saturated rings. The summed E-state index contributed by atoms with van der Waals surface area (Å²) in [5, 5.41) is 9.65. The molecule has 0 radical (unpaired) electrons. The summed E-state index contributed by atoms with van der Waals surface area (Å²) in [5.41, 5.74) is 6.01. The van der Waals surface area contributed by atoms with Crippen molar-refractivity contribution in [1.29, 1.82) is 0 Å². The van der Waals surface area contributed by atoms with Gasteiger partial charge in [-0.05, 0) is 13.1 Å². The molecule has 1 aliphatic heterocycles. The fourth-order valence-electron chi connectivity index (χ4n) is 1.83. The highest BCUT2D eigenvalue weighted by atomic mass is 16.3. The Morgan fingerprint density at radius 3 is 2.76 bits per heavy atom. The lowest BCUT2D eigenvalue weighted by atomic mass is 10.2. The lowest BCUT2D eigenvalue weighted by molar-refractivity contribution is 0.181. The van der Waals surface area contributed by atoms with E-state index in [1.54, 1.807) is 12.3 Å². The highest BCUT2D eigenvalue weighted by molar-refractivity contribution is 5.31. The van der Waals surface area contributed by atoms with Gasteiger partial charge in [-0.25, -0.2) is 9.97 Å². The second-order valence-electron chi connectivity index (χ2n) is 4.32. The number of rotatable bonds is 3. The van der Waals surface area contributed by atoms with E-state index in [0.717, 1.165) is 26.2 Å². The molecule has 0 saturated carbocycles. The first kappa shape index (κ1) is 12.2. The second kappa shape index (κ2) is 5.39. The van der Waals surface area contributed by atoms with Gasteiger partial charge in [0.05, 0.1) is 5.69 Å². The highest BCUT2D eigenvalue weighted by Gasteiger charge is 2.17. The smallest absolute Gasteiger partial charge is 0.225 e. The number of nitrogens with two attached hydrogens (primary N) is 1. The van der Waals surface area contributed by atoms with Crippen LogP contribution in [-0.2, 0) is 0 Å². The molecule has 2 rings (SSSR count). The van der Waals surface area contributed by atoms with E-state index in [1.807, 2.05) is 0 Å². The van der Waals surface area contributed by atoms with Crippen molar-refractivity contribution in [2.45, 2.75) is 6.10 Å². The van der Waals surface area contributed by atoms with Crippen LogP contribution in [0, 0.1) is 0 Å². The molecule has 1 aromatic heterocycles. The van der Waals surface area contributed by atoms with E-state index in [9.17, 15) is 5.11 Å². The van der Waals surface area contributed by atoms with Gasteiger partial charge in [-0.1, -0.05) is 0 Å². The van der Waals surface area contributed by atoms with Gasteiger partial charge in [0.25, 0.3) is 0 Å². The van der Waals surface area contributed by atoms with Gasteiger partial charge < -0.3 is 20.6 Å². The van der Waals surface area contributed by atoms with Crippen molar-refractivity contribution in [2.75, 3.05) is 44.7 Å². The Hall–Kier alpha value is -1.24. The van der Waals surface area contributed by atoms with Crippen LogP contribution in [0.3, 0.4) is 0 Å². The molecule has 6 nitrogen and oxygen atoms in total. The average molecular weight is 237 g/mol. The number of anilines is 1. The third kappa shape index (κ3) is 2.91. The van der Waals surface area contributed by atoms with Crippen LogP contribution in [0.4, 0.5) is 5.95 Å². The van der Waals surface area contributed by atoms with Gasteiger partial charge in [-0.15, -0.1) is 0 Å². The molecule has 0 bridgehead atoms. The maximum atomic E-state index is 9.65. The summed E-state index contributed by atoms with van der Waals surface area (Å²) in [6.07, 6.45) is 0.971. The Labute approximate surface area is 101 Å². The standard InChI is InChI=1S/C11H19N5O/c1-15-4-6-16(7-5-15)11-13-3-2-9(14-11)10(17)8-12/h2-3,10,17H,4-8,12H2,1H3. The number of piperazine rings is 1. The number of aliphatic hydroxyl groups excluding tert-OH is 1. The van der Waals surface area contributed by atoms with Crippen LogP contribution in [0.25, 0.3) is 0 Å². The van der Waals surface area contributed by atoms with Crippen molar-refractivity contribution in [2.24, 2.45) is 5.73 Å². The molecule has 94 valence electrons. The molecule has 6 heteroatoms. The van der Waals surface area contributed by atoms with Crippen LogP contribution in [-0.4, -0.2) is 59.7 Å². The molecule has 0 aromatic carbocycles. The van der Waals surface area contributed by atoms with Gasteiger partial charge in [0.2, 0.25) is 5.95 Å². The fourth-order valence-corrected chi connectivity index (χ4v) is 1.83. The molecule has 0 spiro atoms. The van der Waals surface area contributed by atoms with Crippen molar-refractivity contribution in [3.05, 3.63) is 18.0 Å². The summed E-state index contributed by atoms with van der Waals surface area (Å²) in [7, 11) is 2.10. The minimum Gasteiger partial charge on any atom is -0.385 e. The van der Waals surface area contributed by atoms with Crippen molar-refractivity contribution in [3.8, 4) is 0 Å². The highest BCUT2D eigenvalue weighted by Crippen LogP contribution is 2.14. The molecule has 0 aliphatic carbocycles. The number of aromatic nitrogens is 2.